The van der Waals surface area contributed by atoms with Crippen molar-refractivity contribution in [2.45, 2.75) is 13.0 Å². The Morgan fingerprint density at radius 3 is 2.95 bits per heavy atom. The third-order valence-electron chi connectivity index (χ3n) is 3.67. The normalized spacial score (nSPS) is 20.1. The number of carbonyl (C=O) groups is 1. The Labute approximate surface area is 127 Å². The van der Waals surface area contributed by atoms with Crippen molar-refractivity contribution in [1.29, 1.82) is 0 Å². The predicted molar refractivity (Wildman–Crippen MR) is 80.0 cm³/mol. The molecule has 1 unspecified atom stereocenters. The fourth-order valence-corrected chi connectivity index (χ4v) is 4.37. The molecule has 0 bridgehead atoms. The number of urea groups is 1. The van der Waals surface area contributed by atoms with Gasteiger partial charge in [-0.1, -0.05) is 6.07 Å². The lowest BCUT2D eigenvalue weighted by Gasteiger charge is -2.10. The average Bonchev–Trinajstić information content (AvgIpc) is 3.06. The molecule has 3 rings (SSSR count). The average molecular weight is 323 g/mol. The molecule has 0 aliphatic carbocycles. The third-order valence-corrected chi connectivity index (χ3v) is 5.51. The van der Waals surface area contributed by atoms with Crippen LogP contribution in [0.3, 0.4) is 0 Å². The molecule has 118 valence electrons. The van der Waals surface area contributed by atoms with Crippen molar-refractivity contribution in [3.8, 4) is 0 Å². The second kappa shape index (κ2) is 5.91. The number of nitrogens with zero attached hydrogens (tertiary/aromatic N) is 3. The van der Waals surface area contributed by atoms with Crippen LogP contribution < -0.4 is 10.6 Å². The first-order valence-corrected chi connectivity index (χ1v) is 8.86. The Hall–Kier alpha value is -2.16. The van der Waals surface area contributed by atoms with E-state index in [-0.39, 0.29) is 30.0 Å². The van der Waals surface area contributed by atoms with Gasteiger partial charge < -0.3 is 10.6 Å². The molecule has 2 N–H and O–H groups in total. The molecule has 1 fully saturated rings. The number of pyridine rings is 1. The number of hydrogen-bond donors (Lipinski definition) is 2. The molecule has 2 aromatic rings. The lowest BCUT2D eigenvalue weighted by atomic mass is 10.1. The van der Waals surface area contributed by atoms with Crippen LogP contribution in [0.1, 0.15) is 12.2 Å². The summed E-state index contributed by atoms with van der Waals surface area (Å²) >= 11 is 0. The number of nitrogens with one attached hydrogen (secondary N) is 2. The van der Waals surface area contributed by atoms with E-state index >= 15 is 0 Å². The molecule has 2 amide bonds. The summed E-state index contributed by atoms with van der Waals surface area (Å²) in [6.45, 7) is 0.617. The molecule has 8 nitrogen and oxygen atoms in total. The largest absolute Gasteiger partial charge is 0.338 e. The monoisotopic (exact) mass is 323 g/mol. The summed E-state index contributed by atoms with van der Waals surface area (Å²) in [5.41, 5.74) is 0.718. The Bertz CT molecular complexity index is 786. The number of carbonyl (C=O) groups excluding carboxylic acids is 1. The van der Waals surface area contributed by atoms with E-state index in [4.69, 9.17) is 0 Å². The first kappa shape index (κ1) is 14.8. The maximum Gasteiger partial charge on any atom is 0.315 e. The third kappa shape index (κ3) is 3.35. The zero-order chi connectivity index (χ0) is 15.6. The molecule has 0 spiro atoms. The van der Waals surface area contributed by atoms with Crippen molar-refractivity contribution < 1.29 is 13.2 Å². The fraction of sp³-hybridized carbons (Fsp3) is 0.462. The van der Waals surface area contributed by atoms with E-state index < -0.39 is 9.84 Å². The molecule has 0 radical (unpaired) electrons. The quantitative estimate of drug-likeness (QED) is 0.821. The van der Waals surface area contributed by atoms with Gasteiger partial charge in [0.25, 0.3) is 0 Å². The lowest BCUT2D eigenvalue weighted by Crippen LogP contribution is -2.38. The van der Waals surface area contributed by atoms with Crippen molar-refractivity contribution >= 4 is 21.5 Å². The summed E-state index contributed by atoms with van der Waals surface area (Å²) in [6.07, 6.45) is 2.44. The number of amides is 2. The summed E-state index contributed by atoms with van der Waals surface area (Å²) in [7, 11) is -2.91. The molecule has 2 aromatic heterocycles. The van der Waals surface area contributed by atoms with Crippen LogP contribution in [0.2, 0.25) is 0 Å². The Balaban J connectivity index is 1.48. The number of hydrogen-bond acceptors (Lipinski definition) is 5. The number of rotatable bonds is 4. The zero-order valence-corrected chi connectivity index (χ0v) is 12.7. The molecule has 9 heteroatoms. The van der Waals surface area contributed by atoms with Crippen LogP contribution in [0.5, 0.6) is 0 Å². The molecule has 1 atom stereocenters. The molecular formula is C13H17N5O3S. The molecule has 0 saturated carbocycles. The standard InChI is InChI=1S/C13H17N5O3S/c19-13(14-7-10-4-6-22(20,21)9-10)15-8-12-17-16-11-3-1-2-5-18(11)12/h1-3,5,10H,4,6-9H2,(H2,14,15,19). The van der Waals surface area contributed by atoms with E-state index in [9.17, 15) is 13.2 Å². The van der Waals surface area contributed by atoms with Gasteiger partial charge in [-0.3, -0.25) is 4.40 Å². The van der Waals surface area contributed by atoms with Gasteiger partial charge in [0.1, 0.15) is 0 Å². The maximum atomic E-state index is 11.8. The Morgan fingerprint density at radius 1 is 1.32 bits per heavy atom. The van der Waals surface area contributed by atoms with Gasteiger partial charge in [-0.25, -0.2) is 13.2 Å². The van der Waals surface area contributed by atoms with Crippen molar-refractivity contribution in [1.82, 2.24) is 25.2 Å². The topological polar surface area (TPSA) is 105 Å². The second-order valence-electron chi connectivity index (χ2n) is 5.38. The van der Waals surface area contributed by atoms with E-state index in [1.54, 1.807) is 4.40 Å². The summed E-state index contributed by atoms with van der Waals surface area (Å²) in [4.78, 5) is 11.8. The van der Waals surface area contributed by atoms with E-state index in [0.717, 1.165) is 5.65 Å². The van der Waals surface area contributed by atoms with E-state index in [0.29, 0.717) is 18.8 Å². The molecule has 3 heterocycles. The smallest absolute Gasteiger partial charge is 0.315 e. The minimum atomic E-state index is -2.91. The molecule has 1 aliphatic rings. The summed E-state index contributed by atoms with van der Waals surface area (Å²) in [5.74, 6) is 1.01. The van der Waals surface area contributed by atoms with Crippen LogP contribution in [-0.4, -0.2) is 47.1 Å². The number of fused-ring (bicyclic) bond motifs is 1. The number of aromatic nitrogens is 3. The van der Waals surface area contributed by atoms with Gasteiger partial charge in [-0.2, -0.15) is 0 Å². The lowest BCUT2D eigenvalue weighted by molar-refractivity contribution is 0.238. The van der Waals surface area contributed by atoms with Gasteiger partial charge in [0.2, 0.25) is 0 Å². The molecule has 1 aliphatic heterocycles. The molecule has 0 aromatic carbocycles. The Kier molecular flexibility index (Phi) is 3.97. The van der Waals surface area contributed by atoms with E-state index in [1.165, 1.54) is 0 Å². The highest BCUT2D eigenvalue weighted by Crippen LogP contribution is 2.17. The zero-order valence-electron chi connectivity index (χ0n) is 11.9. The van der Waals surface area contributed by atoms with Crippen molar-refractivity contribution in [3.63, 3.8) is 0 Å². The molecule has 1 saturated heterocycles. The van der Waals surface area contributed by atoms with Gasteiger partial charge in [-0.05, 0) is 24.5 Å². The van der Waals surface area contributed by atoms with Crippen LogP contribution in [-0.2, 0) is 16.4 Å². The van der Waals surface area contributed by atoms with Crippen LogP contribution in [0.4, 0.5) is 4.79 Å². The van der Waals surface area contributed by atoms with Crippen LogP contribution in [0, 0.1) is 5.92 Å². The van der Waals surface area contributed by atoms with Crippen LogP contribution in [0.15, 0.2) is 24.4 Å². The van der Waals surface area contributed by atoms with Gasteiger partial charge >= 0.3 is 6.03 Å². The SMILES string of the molecule is O=C(NCc1nnc2ccccn12)NCC1CCS(=O)(=O)C1. The maximum absolute atomic E-state index is 11.8. The summed E-state index contributed by atoms with van der Waals surface area (Å²) < 4.78 is 24.5. The number of sulfone groups is 1. The van der Waals surface area contributed by atoms with E-state index in [2.05, 4.69) is 20.8 Å². The van der Waals surface area contributed by atoms with Gasteiger partial charge in [-0.15, -0.1) is 10.2 Å². The fourth-order valence-electron chi connectivity index (χ4n) is 2.50. The minimum absolute atomic E-state index is 0.00433. The van der Waals surface area contributed by atoms with Crippen molar-refractivity contribution in [2.75, 3.05) is 18.1 Å². The Morgan fingerprint density at radius 2 is 2.18 bits per heavy atom. The van der Waals surface area contributed by atoms with E-state index in [1.807, 2.05) is 24.4 Å². The molecular weight excluding hydrogens is 306 g/mol. The minimum Gasteiger partial charge on any atom is -0.338 e. The van der Waals surface area contributed by atoms with Crippen molar-refractivity contribution in [2.24, 2.45) is 5.92 Å². The first-order chi connectivity index (χ1) is 10.5. The second-order valence-corrected chi connectivity index (χ2v) is 7.61. The predicted octanol–water partition coefficient (Wildman–Crippen LogP) is -0.0368. The van der Waals surface area contributed by atoms with Crippen LogP contribution in [0.25, 0.3) is 5.65 Å². The van der Waals surface area contributed by atoms with Crippen molar-refractivity contribution in [3.05, 3.63) is 30.2 Å². The summed E-state index contributed by atoms with van der Waals surface area (Å²) in [6, 6.07) is 5.22. The van der Waals surface area contributed by atoms with Crippen LogP contribution >= 0.6 is 0 Å². The summed E-state index contributed by atoms with van der Waals surface area (Å²) in [5, 5.41) is 13.4. The van der Waals surface area contributed by atoms with Gasteiger partial charge in [0.15, 0.2) is 21.3 Å². The first-order valence-electron chi connectivity index (χ1n) is 7.04. The highest BCUT2D eigenvalue weighted by Gasteiger charge is 2.27. The highest BCUT2D eigenvalue weighted by atomic mass is 32.2. The highest BCUT2D eigenvalue weighted by molar-refractivity contribution is 7.91. The van der Waals surface area contributed by atoms with Gasteiger partial charge in [0.05, 0.1) is 18.1 Å². The van der Waals surface area contributed by atoms with Gasteiger partial charge in [0, 0.05) is 12.7 Å². The molecule has 22 heavy (non-hydrogen) atoms.